The number of halogens is 12. The molecule has 0 aliphatic heterocycles. The number of hydrogen-bond acceptors (Lipinski definition) is 1. The Kier molecular flexibility index (Phi) is 11.8. The quantitative estimate of drug-likeness (QED) is 0.274. The van der Waals surface area contributed by atoms with E-state index in [9.17, 15) is 0 Å². The highest BCUT2D eigenvalue weighted by atomic mass is 80.0. The first-order valence-electron chi connectivity index (χ1n) is 4.00. The average molecular weight is 1050 g/mol. The molecule has 0 aliphatic carbocycles. The molecule has 0 rings (SSSR count). The molecule has 0 saturated heterocycles. The van der Waals surface area contributed by atoms with Crippen LogP contribution in [0, 0.1) is 0 Å². The molecular formula is C6H3Br12N. The minimum Gasteiger partial charge on any atom is -0.300 e. The third-order valence-electron chi connectivity index (χ3n) is 1.64. The van der Waals surface area contributed by atoms with Gasteiger partial charge in [-0.25, -0.2) is 0 Å². The Labute approximate surface area is 213 Å². The largest absolute Gasteiger partial charge is 0.300 e. The van der Waals surface area contributed by atoms with Gasteiger partial charge in [-0.3, -0.25) is 5.32 Å². The van der Waals surface area contributed by atoms with Crippen LogP contribution in [0.1, 0.15) is 0 Å². The Morgan fingerprint density at radius 1 is 0.421 bits per heavy atom. The molecule has 0 aliphatic rings. The van der Waals surface area contributed by atoms with Gasteiger partial charge in [-0.1, -0.05) is 191 Å². The number of alkyl halides is 12. The fourth-order valence-electron chi connectivity index (χ4n) is 0.916. The summed E-state index contributed by atoms with van der Waals surface area (Å²) >= 11 is 42.4. The summed E-state index contributed by atoms with van der Waals surface area (Å²) in [6, 6.07) is -0.381. The lowest BCUT2D eigenvalue weighted by Crippen LogP contribution is -2.59. The van der Waals surface area contributed by atoms with E-state index in [4.69, 9.17) is 0 Å². The van der Waals surface area contributed by atoms with Gasteiger partial charge in [0.05, 0.1) is 12.1 Å². The van der Waals surface area contributed by atoms with Gasteiger partial charge < -0.3 is 0 Å². The predicted molar refractivity (Wildman–Crippen MR) is 129 cm³/mol. The van der Waals surface area contributed by atoms with Gasteiger partial charge in [0.2, 0.25) is 0 Å². The summed E-state index contributed by atoms with van der Waals surface area (Å²) in [5.74, 6) is 0. The molecule has 1 nitrogen and oxygen atoms in total. The average Bonchev–Trinajstić information content (AvgIpc) is 1.91. The SMILES string of the molecule is BrC(Br)(Br)C(NC(C(Br)(Br)Br)C(Br)(Br)Br)C(Br)(Br)Br. The molecule has 0 amide bonds. The molecule has 0 radical (unpaired) electrons. The van der Waals surface area contributed by atoms with E-state index in [1.165, 1.54) is 0 Å². The van der Waals surface area contributed by atoms with Crippen LogP contribution in [0.25, 0.3) is 0 Å². The highest BCUT2D eigenvalue weighted by Crippen LogP contribution is 2.54. The molecule has 0 heterocycles. The molecule has 0 aromatic carbocycles. The molecule has 19 heavy (non-hydrogen) atoms. The van der Waals surface area contributed by atoms with Crippen molar-refractivity contribution in [3.05, 3.63) is 0 Å². The van der Waals surface area contributed by atoms with Crippen LogP contribution in [-0.4, -0.2) is 20.7 Å². The van der Waals surface area contributed by atoms with E-state index in [2.05, 4.69) is 196 Å². The molecule has 0 aromatic heterocycles. The van der Waals surface area contributed by atoms with Crippen molar-refractivity contribution in [3.8, 4) is 0 Å². The topological polar surface area (TPSA) is 12.0 Å². The van der Waals surface area contributed by atoms with Gasteiger partial charge in [-0.15, -0.1) is 0 Å². The van der Waals surface area contributed by atoms with Gasteiger partial charge in [0.25, 0.3) is 0 Å². The van der Waals surface area contributed by atoms with Gasteiger partial charge in [-0.2, -0.15) is 0 Å². The zero-order valence-electron chi connectivity index (χ0n) is 8.19. The second kappa shape index (κ2) is 9.08. The zero-order valence-corrected chi connectivity index (χ0v) is 27.2. The standard InChI is InChI=1S/C6H3Br12N/c7-3(8,9)1(4(10,11)12)19-2(5(13,14)15)6(16,17)18/h1-2,19H. The van der Waals surface area contributed by atoms with E-state index < -0.39 is 8.57 Å². The van der Waals surface area contributed by atoms with E-state index in [-0.39, 0.29) is 12.1 Å². The van der Waals surface area contributed by atoms with Crippen LogP contribution in [0.3, 0.4) is 0 Å². The molecular weight excluding hydrogens is 1040 g/mol. The summed E-state index contributed by atoms with van der Waals surface area (Å²) in [4.78, 5) is 0. The molecule has 116 valence electrons. The maximum atomic E-state index is 3.53. The van der Waals surface area contributed by atoms with Crippen molar-refractivity contribution in [2.45, 2.75) is 20.7 Å². The van der Waals surface area contributed by atoms with Crippen molar-refractivity contribution in [1.82, 2.24) is 5.32 Å². The fraction of sp³-hybridized carbons (Fsp3) is 1.00. The molecule has 0 atom stereocenters. The Morgan fingerprint density at radius 2 is 0.579 bits per heavy atom. The second-order valence-corrected chi connectivity index (χ2v) is 31.0. The van der Waals surface area contributed by atoms with Gasteiger partial charge in [0.1, 0.15) is 0 Å². The molecule has 1 N–H and O–H groups in total. The summed E-state index contributed by atoms with van der Waals surface area (Å²) in [6.07, 6.45) is 0. The second-order valence-electron chi connectivity index (χ2n) is 3.20. The summed E-state index contributed by atoms with van der Waals surface area (Å²) in [5.41, 5.74) is 0. The third kappa shape index (κ3) is 9.84. The van der Waals surface area contributed by atoms with E-state index >= 15 is 0 Å². The predicted octanol–water partition coefficient (Wildman–Crippen LogP) is 8.67. The molecule has 13 heteroatoms. The Balaban J connectivity index is 5.43. The van der Waals surface area contributed by atoms with Crippen molar-refractivity contribution in [2.75, 3.05) is 0 Å². The van der Waals surface area contributed by atoms with Gasteiger partial charge >= 0.3 is 0 Å². The van der Waals surface area contributed by atoms with E-state index in [1.807, 2.05) is 0 Å². The Hall–Kier alpha value is 5.72. The van der Waals surface area contributed by atoms with Crippen molar-refractivity contribution in [2.24, 2.45) is 0 Å². The first-order chi connectivity index (χ1) is 7.97. The van der Waals surface area contributed by atoms with Crippen LogP contribution in [-0.2, 0) is 0 Å². The van der Waals surface area contributed by atoms with Crippen molar-refractivity contribution in [1.29, 1.82) is 0 Å². The van der Waals surface area contributed by atoms with Crippen molar-refractivity contribution >= 4 is 191 Å². The minimum absolute atomic E-state index is 0.191. The number of rotatable bonds is 2. The molecule has 0 unspecified atom stereocenters. The molecule has 0 fully saturated rings. The highest BCUT2D eigenvalue weighted by Gasteiger charge is 2.51. The first kappa shape index (κ1) is 24.7. The van der Waals surface area contributed by atoms with Crippen molar-refractivity contribution in [3.63, 3.8) is 0 Å². The van der Waals surface area contributed by atoms with Gasteiger partial charge in [0, 0.05) is 0 Å². The summed E-state index contributed by atoms with van der Waals surface area (Å²) in [6.45, 7) is 0. The zero-order chi connectivity index (χ0) is 15.9. The van der Waals surface area contributed by atoms with Gasteiger partial charge in [0.15, 0.2) is 8.57 Å². The van der Waals surface area contributed by atoms with E-state index in [0.717, 1.165) is 0 Å². The summed E-state index contributed by atoms with van der Waals surface area (Å²) < 4.78 is -2.28. The van der Waals surface area contributed by atoms with E-state index in [0.29, 0.717) is 0 Å². The molecule has 0 saturated carbocycles. The smallest absolute Gasteiger partial charge is 0.153 e. The molecule has 0 bridgehead atoms. The van der Waals surface area contributed by atoms with Crippen LogP contribution in [0.4, 0.5) is 0 Å². The van der Waals surface area contributed by atoms with E-state index in [1.54, 1.807) is 0 Å². The van der Waals surface area contributed by atoms with Crippen LogP contribution in [0.2, 0.25) is 0 Å². The lowest BCUT2D eigenvalue weighted by Gasteiger charge is -2.41. The van der Waals surface area contributed by atoms with Crippen LogP contribution in [0.5, 0.6) is 0 Å². The minimum atomic E-state index is -0.571. The van der Waals surface area contributed by atoms with Crippen LogP contribution in [0.15, 0.2) is 0 Å². The van der Waals surface area contributed by atoms with Crippen LogP contribution < -0.4 is 5.32 Å². The lowest BCUT2D eigenvalue weighted by molar-refractivity contribution is 0.488. The Bertz CT molecular complexity index is 233. The number of nitrogens with one attached hydrogen (secondary N) is 1. The fourth-order valence-corrected chi connectivity index (χ4v) is 12.2. The first-order valence-corrected chi connectivity index (χ1v) is 13.5. The highest BCUT2D eigenvalue weighted by molar-refractivity contribution is 9.41. The van der Waals surface area contributed by atoms with Crippen molar-refractivity contribution < 1.29 is 0 Å². The number of hydrogen-bond donors (Lipinski definition) is 1. The molecule has 0 spiro atoms. The maximum Gasteiger partial charge on any atom is 0.153 e. The normalized spacial score (nSPS) is 15.5. The monoisotopic (exact) mass is 1040 g/mol. The lowest BCUT2D eigenvalue weighted by atomic mass is 10.3. The molecule has 0 aromatic rings. The van der Waals surface area contributed by atoms with Gasteiger partial charge in [-0.05, 0) is 0 Å². The maximum absolute atomic E-state index is 3.53. The van der Waals surface area contributed by atoms with Crippen LogP contribution >= 0.6 is 191 Å². The third-order valence-corrected chi connectivity index (χ3v) is 7.14. The Morgan fingerprint density at radius 3 is 0.684 bits per heavy atom. The summed E-state index contributed by atoms with van der Waals surface area (Å²) in [7, 11) is 0. The summed E-state index contributed by atoms with van der Waals surface area (Å²) in [5, 5.41) is 3.45.